The van der Waals surface area contributed by atoms with E-state index in [0.29, 0.717) is 0 Å². The molecule has 1 aromatic heterocycles. The summed E-state index contributed by atoms with van der Waals surface area (Å²) in [6.07, 6.45) is 6.37. The van der Waals surface area contributed by atoms with Crippen molar-refractivity contribution in [2.45, 2.75) is 39.2 Å². The van der Waals surface area contributed by atoms with E-state index in [1.165, 1.54) is 12.8 Å². The van der Waals surface area contributed by atoms with Crippen LogP contribution in [-0.4, -0.2) is 42.1 Å². The average molecular weight is 304 g/mol. The molecule has 0 saturated carbocycles. The normalized spacial score (nSPS) is 16.8. The van der Waals surface area contributed by atoms with Gasteiger partial charge in [-0.3, -0.25) is 9.79 Å². The minimum Gasteiger partial charge on any atom is -0.356 e. The summed E-state index contributed by atoms with van der Waals surface area (Å²) >= 11 is 0. The van der Waals surface area contributed by atoms with E-state index in [1.807, 2.05) is 19.3 Å². The summed E-state index contributed by atoms with van der Waals surface area (Å²) in [6.45, 7) is 6.20. The number of hydrogen-bond donors (Lipinski definition) is 1. The standard InChI is InChI=1S/C17H28N4O/c1-15-8-13-21(14-9-15)17(18-2)19-10-4-6-12-20-11-5-3-7-16(20)22/h3,5,7,11,15H,4,6,8-10,12-14H2,1-2H3,(H,18,19). The average Bonchev–Trinajstić information content (AvgIpc) is 2.54. The van der Waals surface area contributed by atoms with Crippen LogP contribution in [0.1, 0.15) is 32.6 Å². The molecule has 0 unspecified atom stereocenters. The molecule has 22 heavy (non-hydrogen) atoms. The van der Waals surface area contributed by atoms with Crippen molar-refractivity contribution in [3.8, 4) is 0 Å². The number of unbranched alkanes of at least 4 members (excludes halogenated alkanes) is 1. The highest BCUT2D eigenvalue weighted by Crippen LogP contribution is 2.15. The second-order valence-electron chi connectivity index (χ2n) is 6.08. The van der Waals surface area contributed by atoms with E-state index in [9.17, 15) is 4.79 Å². The highest BCUT2D eigenvalue weighted by Gasteiger charge is 2.18. The maximum Gasteiger partial charge on any atom is 0.250 e. The summed E-state index contributed by atoms with van der Waals surface area (Å²) in [5.41, 5.74) is 0.0775. The van der Waals surface area contributed by atoms with Crippen LogP contribution < -0.4 is 10.9 Å². The third-order valence-electron chi connectivity index (χ3n) is 4.30. The molecule has 1 aliphatic heterocycles. The fraction of sp³-hybridized carbons (Fsp3) is 0.647. The number of piperidine rings is 1. The van der Waals surface area contributed by atoms with E-state index < -0.39 is 0 Å². The number of hydrogen-bond acceptors (Lipinski definition) is 2. The first kappa shape index (κ1) is 16.6. The summed E-state index contributed by atoms with van der Waals surface area (Å²) in [6, 6.07) is 5.29. The van der Waals surface area contributed by atoms with Gasteiger partial charge in [-0.25, -0.2) is 0 Å². The first-order chi connectivity index (χ1) is 10.7. The number of nitrogens with zero attached hydrogens (tertiary/aromatic N) is 3. The van der Waals surface area contributed by atoms with E-state index in [0.717, 1.165) is 50.9 Å². The summed E-state index contributed by atoms with van der Waals surface area (Å²) in [7, 11) is 1.85. The van der Waals surface area contributed by atoms with Crippen LogP contribution in [0.25, 0.3) is 0 Å². The zero-order valence-electron chi connectivity index (χ0n) is 13.8. The van der Waals surface area contributed by atoms with Gasteiger partial charge in [-0.1, -0.05) is 13.0 Å². The van der Waals surface area contributed by atoms with Crippen molar-refractivity contribution in [3.05, 3.63) is 34.7 Å². The van der Waals surface area contributed by atoms with Gasteiger partial charge in [0.1, 0.15) is 0 Å². The van der Waals surface area contributed by atoms with Gasteiger partial charge in [0.05, 0.1) is 0 Å². The number of nitrogens with one attached hydrogen (secondary N) is 1. The van der Waals surface area contributed by atoms with Crippen molar-refractivity contribution in [1.82, 2.24) is 14.8 Å². The molecule has 2 rings (SSSR count). The Morgan fingerprint density at radius 2 is 2.09 bits per heavy atom. The van der Waals surface area contributed by atoms with E-state index in [4.69, 9.17) is 0 Å². The molecule has 1 fully saturated rings. The molecule has 0 spiro atoms. The van der Waals surface area contributed by atoms with Gasteiger partial charge in [0.15, 0.2) is 5.96 Å². The number of aromatic nitrogens is 1. The van der Waals surface area contributed by atoms with Crippen molar-refractivity contribution in [3.63, 3.8) is 0 Å². The molecule has 2 heterocycles. The largest absolute Gasteiger partial charge is 0.356 e. The Morgan fingerprint density at radius 1 is 1.32 bits per heavy atom. The molecule has 0 radical (unpaired) electrons. The summed E-state index contributed by atoms with van der Waals surface area (Å²) < 4.78 is 1.76. The molecule has 0 aliphatic carbocycles. The first-order valence-electron chi connectivity index (χ1n) is 8.32. The molecule has 0 aromatic carbocycles. The number of pyridine rings is 1. The lowest BCUT2D eigenvalue weighted by molar-refractivity contribution is 0.273. The summed E-state index contributed by atoms with van der Waals surface area (Å²) in [5, 5.41) is 3.44. The summed E-state index contributed by atoms with van der Waals surface area (Å²) in [4.78, 5) is 18.3. The van der Waals surface area contributed by atoms with Crippen molar-refractivity contribution < 1.29 is 0 Å². The molecule has 1 aliphatic rings. The van der Waals surface area contributed by atoms with Gasteiger partial charge in [0.25, 0.3) is 0 Å². The fourth-order valence-electron chi connectivity index (χ4n) is 2.81. The van der Waals surface area contributed by atoms with Crippen LogP contribution in [0.3, 0.4) is 0 Å². The Hall–Kier alpha value is -1.78. The topological polar surface area (TPSA) is 49.6 Å². The zero-order chi connectivity index (χ0) is 15.8. The van der Waals surface area contributed by atoms with Crippen LogP contribution in [0.15, 0.2) is 34.2 Å². The first-order valence-corrected chi connectivity index (χ1v) is 8.32. The number of aryl methyl sites for hydroxylation is 1. The lowest BCUT2D eigenvalue weighted by atomic mass is 10.00. The minimum absolute atomic E-state index is 0.0775. The molecule has 5 heteroatoms. The maximum absolute atomic E-state index is 11.6. The van der Waals surface area contributed by atoms with Crippen LogP contribution in [0.4, 0.5) is 0 Å². The third-order valence-corrected chi connectivity index (χ3v) is 4.30. The second kappa shape index (κ2) is 8.61. The predicted octanol–water partition coefficient (Wildman–Crippen LogP) is 1.94. The van der Waals surface area contributed by atoms with E-state index in [1.54, 1.807) is 16.7 Å². The molecule has 0 bridgehead atoms. The molecular formula is C17H28N4O. The molecule has 1 saturated heterocycles. The van der Waals surface area contributed by atoms with Crippen molar-refractivity contribution >= 4 is 5.96 Å². The Labute approximate surface area is 133 Å². The van der Waals surface area contributed by atoms with E-state index >= 15 is 0 Å². The van der Waals surface area contributed by atoms with Gasteiger partial charge in [0, 0.05) is 45.5 Å². The number of aliphatic imine (C=N–C) groups is 1. The van der Waals surface area contributed by atoms with Crippen LogP contribution in [0.5, 0.6) is 0 Å². The van der Waals surface area contributed by atoms with Gasteiger partial charge < -0.3 is 14.8 Å². The minimum atomic E-state index is 0.0775. The van der Waals surface area contributed by atoms with Crippen LogP contribution in [0, 0.1) is 5.92 Å². The predicted molar refractivity (Wildman–Crippen MR) is 91.3 cm³/mol. The SMILES string of the molecule is CN=C(NCCCCn1ccccc1=O)N1CCC(C)CC1. The monoisotopic (exact) mass is 304 g/mol. The van der Waals surface area contributed by atoms with Gasteiger partial charge in [-0.2, -0.15) is 0 Å². The van der Waals surface area contributed by atoms with E-state index in [2.05, 4.69) is 22.1 Å². The Kier molecular flexibility index (Phi) is 6.49. The maximum atomic E-state index is 11.6. The van der Waals surface area contributed by atoms with Crippen LogP contribution >= 0.6 is 0 Å². The third kappa shape index (κ3) is 4.90. The van der Waals surface area contributed by atoms with Gasteiger partial charge in [0.2, 0.25) is 5.56 Å². The van der Waals surface area contributed by atoms with Gasteiger partial charge in [-0.05, 0) is 37.7 Å². The van der Waals surface area contributed by atoms with E-state index in [-0.39, 0.29) is 5.56 Å². The molecular weight excluding hydrogens is 276 g/mol. The molecule has 0 atom stereocenters. The fourth-order valence-corrected chi connectivity index (χ4v) is 2.81. The Bertz CT molecular complexity index is 529. The van der Waals surface area contributed by atoms with Crippen molar-refractivity contribution in [1.29, 1.82) is 0 Å². The van der Waals surface area contributed by atoms with Crippen molar-refractivity contribution in [2.24, 2.45) is 10.9 Å². The molecule has 1 N–H and O–H groups in total. The molecule has 1 aromatic rings. The quantitative estimate of drug-likeness (QED) is 0.514. The smallest absolute Gasteiger partial charge is 0.250 e. The Morgan fingerprint density at radius 3 is 2.77 bits per heavy atom. The number of likely N-dealkylation sites (tertiary alicyclic amines) is 1. The number of rotatable bonds is 5. The lowest BCUT2D eigenvalue weighted by Gasteiger charge is -2.32. The van der Waals surface area contributed by atoms with Crippen molar-refractivity contribution in [2.75, 3.05) is 26.7 Å². The highest BCUT2D eigenvalue weighted by atomic mass is 16.1. The lowest BCUT2D eigenvalue weighted by Crippen LogP contribution is -2.45. The highest BCUT2D eigenvalue weighted by molar-refractivity contribution is 5.79. The number of guanidine groups is 1. The Balaban J connectivity index is 1.67. The zero-order valence-corrected chi connectivity index (χ0v) is 13.8. The van der Waals surface area contributed by atoms with Crippen LogP contribution in [-0.2, 0) is 6.54 Å². The molecule has 0 amide bonds. The molecule has 122 valence electrons. The summed E-state index contributed by atoms with van der Waals surface area (Å²) in [5.74, 6) is 1.85. The van der Waals surface area contributed by atoms with Gasteiger partial charge >= 0.3 is 0 Å². The molecule has 5 nitrogen and oxygen atoms in total. The second-order valence-corrected chi connectivity index (χ2v) is 6.08. The van der Waals surface area contributed by atoms with Gasteiger partial charge in [-0.15, -0.1) is 0 Å². The van der Waals surface area contributed by atoms with Crippen LogP contribution in [0.2, 0.25) is 0 Å².